The van der Waals surface area contributed by atoms with Gasteiger partial charge in [-0.15, -0.1) is 0 Å². The summed E-state index contributed by atoms with van der Waals surface area (Å²) in [5.41, 5.74) is 0.533. The molecule has 6 heteroatoms. The van der Waals surface area contributed by atoms with E-state index in [1.807, 2.05) is 6.07 Å². The Morgan fingerprint density at radius 1 is 1.47 bits per heavy atom. The Kier molecular flexibility index (Phi) is 7.93. The Balaban J connectivity index is 2.41. The Morgan fingerprint density at radius 3 is 2.95 bits per heavy atom. The van der Waals surface area contributed by atoms with E-state index in [-0.39, 0.29) is 12.5 Å². The number of methoxy groups -OCH3 is 1. The molecule has 19 heavy (non-hydrogen) atoms. The molecule has 0 aliphatic heterocycles. The van der Waals surface area contributed by atoms with Gasteiger partial charge in [0.2, 0.25) is 0 Å². The highest BCUT2D eigenvalue weighted by atomic mass is 79.9. The van der Waals surface area contributed by atoms with Crippen LogP contribution in [0.4, 0.5) is 0 Å². The van der Waals surface area contributed by atoms with Crippen molar-refractivity contribution in [1.82, 2.24) is 5.32 Å². The van der Waals surface area contributed by atoms with Crippen LogP contribution >= 0.6 is 27.7 Å². The van der Waals surface area contributed by atoms with Crippen LogP contribution in [0.1, 0.15) is 16.8 Å². The van der Waals surface area contributed by atoms with Crippen molar-refractivity contribution in [2.24, 2.45) is 0 Å². The Labute approximate surface area is 126 Å². The second-order valence-electron chi connectivity index (χ2n) is 3.79. The van der Waals surface area contributed by atoms with Gasteiger partial charge < -0.3 is 15.2 Å². The molecule has 0 saturated heterocycles. The fraction of sp³-hybridized carbons (Fsp3) is 0.462. The summed E-state index contributed by atoms with van der Waals surface area (Å²) in [4.78, 5) is 12.0. The number of rotatable bonds is 8. The van der Waals surface area contributed by atoms with E-state index in [9.17, 15) is 4.79 Å². The molecule has 2 N–H and O–H groups in total. The van der Waals surface area contributed by atoms with E-state index < -0.39 is 0 Å². The average molecular weight is 348 g/mol. The molecule has 0 aliphatic rings. The maximum atomic E-state index is 12.0. The number of aliphatic hydroxyl groups is 1. The average Bonchev–Trinajstić information content (AvgIpc) is 2.42. The first-order chi connectivity index (χ1) is 9.19. The molecule has 0 radical (unpaired) electrons. The fourth-order valence-electron chi connectivity index (χ4n) is 1.45. The van der Waals surface area contributed by atoms with Crippen molar-refractivity contribution >= 4 is 33.6 Å². The first kappa shape index (κ1) is 16.3. The quantitative estimate of drug-likeness (QED) is 0.708. The van der Waals surface area contributed by atoms with Crippen LogP contribution in [-0.2, 0) is 0 Å². The molecular weight excluding hydrogens is 330 g/mol. The molecule has 0 fully saturated rings. The molecule has 1 aromatic rings. The van der Waals surface area contributed by atoms with Crippen molar-refractivity contribution in [3.8, 4) is 5.75 Å². The van der Waals surface area contributed by atoms with E-state index in [4.69, 9.17) is 9.84 Å². The van der Waals surface area contributed by atoms with E-state index in [1.54, 1.807) is 31.0 Å². The van der Waals surface area contributed by atoms with Gasteiger partial charge in [0.15, 0.2) is 0 Å². The SMILES string of the molecule is COc1cc(Br)ccc1C(=O)NCCSCCCO. The lowest BCUT2D eigenvalue weighted by Gasteiger charge is -2.09. The molecule has 4 nitrogen and oxygen atoms in total. The van der Waals surface area contributed by atoms with E-state index in [2.05, 4.69) is 21.2 Å². The third-order valence-electron chi connectivity index (χ3n) is 2.39. The summed E-state index contributed by atoms with van der Waals surface area (Å²) in [6.07, 6.45) is 0.791. The third kappa shape index (κ3) is 5.84. The summed E-state index contributed by atoms with van der Waals surface area (Å²) < 4.78 is 6.06. The summed E-state index contributed by atoms with van der Waals surface area (Å²) >= 11 is 5.05. The number of carbonyl (C=O) groups excluding carboxylic acids is 1. The third-order valence-corrected chi connectivity index (χ3v) is 3.95. The minimum Gasteiger partial charge on any atom is -0.496 e. The lowest BCUT2D eigenvalue weighted by molar-refractivity contribution is 0.0953. The van der Waals surface area contributed by atoms with Gasteiger partial charge in [0.25, 0.3) is 5.91 Å². The van der Waals surface area contributed by atoms with Gasteiger partial charge in [0.05, 0.1) is 12.7 Å². The van der Waals surface area contributed by atoms with Crippen molar-refractivity contribution in [2.75, 3.05) is 31.8 Å². The number of hydrogen-bond acceptors (Lipinski definition) is 4. The Morgan fingerprint density at radius 2 is 2.26 bits per heavy atom. The molecule has 1 amide bonds. The maximum absolute atomic E-state index is 12.0. The maximum Gasteiger partial charge on any atom is 0.255 e. The van der Waals surface area contributed by atoms with Gasteiger partial charge in [-0.05, 0) is 30.4 Å². The van der Waals surface area contributed by atoms with Crippen molar-refractivity contribution in [1.29, 1.82) is 0 Å². The van der Waals surface area contributed by atoms with Crippen LogP contribution in [0, 0.1) is 0 Å². The van der Waals surface area contributed by atoms with Crippen LogP contribution in [0.5, 0.6) is 5.75 Å². The van der Waals surface area contributed by atoms with Crippen LogP contribution in [0.25, 0.3) is 0 Å². The van der Waals surface area contributed by atoms with Gasteiger partial charge in [-0.25, -0.2) is 0 Å². The predicted octanol–water partition coefficient (Wildman–Crippen LogP) is 2.30. The lowest BCUT2D eigenvalue weighted by atomic mass is 10.2. The molecule has 1 rings (SSSR count). The zero-order chi connectivity index (χ0) is 14.1. The Bertz CT molecular complexity index is 415. The lowest BCUT2D eigenvalue weighted by Crippen LogP contribution is -2.26. The molecule has 0 atom stereocenters. The molecule has 0 bridgehead atoms. The zero-order valence-electron chi connectivity index (χ0n) is 10.8. The van der Waals surface area contributed by atoms with E-state index in [0.717, 1.165) is 22.4 Å². The monoisotopic (exact) mass is 347 g/mol. The van der Waals surface area contributed by atoms with E-state index >= 15 is 0 Å². The molecule has 0 aromatic heterocycles. The number of aliphatic hydroxyl groups excluding tert-OH is 1. The summed E-state index contributed by atoms with van der Waals surface area (Å²) in [6, 6.07) is 5.31. The topological polar surface area (TPSA) is 58.6 Å². The minimum atomic E-state index is -0.132. The minimum absolute atomic E-state index is 0.132. The van der Waals surface area contributed by atoms with Crippen molar-refractivity contribution in [2.45, 2.75) is 6.42 Å². The molecule has 0 aliphatic carbocycles. The van der Waals surface area contributed by atoms with Crippen LogP contribution in [-0.4, -0.2) is 42.8 Å². The van der Waals surface area contributed by atoms with E-state index in [0.29, 0.717) is 17.9 Å². The van der Waals surface area contributed by atoms with Gasteiger partial charge in [0, 0.05) is 23.4 Å². The van der Waals surface area contributed by atoms with Gasteiger partial charge in [-0.3, -0.25) is 4.79 Å². The highest BCUT2D eigenvalue weighted by Crippen LogP contribution is 2.23. The van der Waals surface area contributed by atoms with Crippen molar-refractivity contribution in [3.63, 3.8) is 0 Å². The van der Waals surface area contributed by atoms with Crippen LogP contribution < -0.4 is 10.1 Å². The highest BCUT2D eigenvalue weighted by molar-refractivity contribution is 9.10. The first-order valence-electron chi connectivity index (χ1n) is 5.99. The number of ether oxygens (including phenoxy) is 1. The summed E-state index contributed by atoms with van der Waals surface area (Å²) in [6.45, 7) is 0.823. The van der Waals surface area contributed by atoms with Gasteiger partial charge >= 0.3 is 0 Å². The molecule has 106 valence electrons. The molecule has 0 heterocycles. The highest BCUT2D eigenvalue weighted by Gasteiger charge is 2.11. The molecular formula is C13H18BrNO3S. The van der Waals surface area contributed by atoms with Crippen LogP contribution in [0.15, 0.2) is 22.7 Å². The number of amides is 1. The first-order valence-corrected chi connectivity index (χ1v) is 7.94. The predicted molar refractivity (Wildman–Crippen MR) is 82.1 cm³/mol. The van der Waals surface area contributed by atoms with Gasteiger partial charge in [-0.1, -0.05) is 15.9 Å². The largest absolute Gasteiger partial charge is 0.496 e. The summed E-state index contributed by atoms with van der Waals surface area (Å²) in [7, 11) is 1.54. The normalized spacial score (nSPS) is 10.3. The number of nitrogens with one attached hydrogen (secondary N) is 1. The summed E-state index contributed by atoms with van der Waals surface area (Å²) in [5.74, 6) is 2.17. The molecule has 0 unspecified atom stereocenters. The molecule has 1 aromatic carbocycles. The molecule has 0 saturated carbocycles. The Hall–Kier alpha value is -0.720. The van der Waals surface area contributed by atoms with Gasteiger partial charge in [-0.2, -0.15) is 11.8 Å². The van der Waals surface area contributed by atoms with Crippen LogP contribution in [0.2, 0.25) is 0 Å². The fourth-order valence-corrected chi connectivity index (χ4v) is 2.58. The van der Waals surface area contributed by atoms with Crippen molar-refractivity contribution < 1.29 is 14.6 Å². The van der Waals surface area contributed by atoms with Gasteiger partial charge in [0.1, 0.15) is 5.75 Å². The standard InChI is InChI=1S/C13H18BrNO3S/c1-18-12-9-10(14)3-4-11(12)13(17)15-5-8-19-7-2-6-16/h3-4,9,16H,2,5-8H2,1H3,(H,15,17). The number of benzene rings is 1. The second kappa shape index (κ2) is 9.23. The number of hydrogen-bond donors (Lipinski definition) is 2. The molecule has 0 spiro atoms. The number of carbonyl (C=O) groups is 1. The van der Waals surface area contributed by atoms with E-state index in [1.165, 1.54) is 0 Å². The second-order valence-corrected chi connectivity index (χ2v) is 5.93. The van der Waals surface area contributed by atoms with Crippen molar-refractivity contribution in [3.05, 3.63) is 28.2 Å². The zero-order valence-corrected chi connectivity index (χ0v) is 13.2. The summed E-state index contributed by atoms with van der Waals surface area (Å²) in [5, 5.41) is 11.5. The van der Waals surface area contributed by atoms with Crippen LogP contribution in [0.3, 0.4) is 0 Å². The smallest absolute Gasteiger partial charge is 0.255 e. The number of halogens is 1. The number of thioether (sulfide) groups is 1.